The van der Waals surface area contributed by atoms with E-state index >= 15 is 0 Å². The normalized spacial score (nSPS) is 22.6. The van der Waals surface area contributed by atoms with Crippen molar-refractivity contribution in [3.05, 3.63) is 12.2 Å². The van der Waals surface area contributed by atoms with Crippen LogP contribution in [0.4, 0.5) is 4.79 Å². The second-order valence-electron chi connectivity index (χ2n) is 6.22. The van der Waals surface area contributed by atoms with E-state index in [0.717, 1.165) is 19.3 Å². The molecule has 1 heterocycles. The summed E-state index contributed by atoms with van der Waals surface area (Å²) in [4.78, 5) is 25.4. The lowest BCUT2D eigenvalue weighted by Crippen LogP contribution is -2.46. The SMILES string of the molecule is CC(C)(C)OC(=O)N1CCC2(CC=CC2=O)CC1. The van der Waals surface area contributed by atoms with Crippen LogP contribution in [0.1, 0.15) is 40.0 Å². The Morgan fingerprint density at radius 2 is 1.94 bits per heavy atom. The van der Waals surface area contributed by atoms with E-state index in [1.807, 2.05) is 26.8 Å². The van der Waals surface area contributed by atoms with Crippen molar-refractivity contribution < 1.29 is 14.3 Å². The number of rotatable bonds is 0. The number of hydrogen-bond acceptors (Lipinski definition) is 3. The van der Waals surface area contributed by atoms with Gasteiger partial charge < -0.3 is 9.64 Å². The summed E-state index contributed by atoms with van der Waals surface area (Å²) in [6.45, 7) is 6.81. The maximum atomic E-state index is 11.9. The fourth-order valence-electron chi connectivity index (χ4n) is 2.56. The van der Waals surface area contributed by atoms with Crippen LogP contribution in [-0.4, -0.2) is 35.5 Å². The Bertz CT molecular complexity index is 384. The van der Waals surface area contributed by atoms with Crippen molar-refractivity contribution in [2.24, 2.45) is 5.41 Å². The van der Waals surface area contributed by atoms with Gasteiger partial charge in [0.1, 0.15) is 5.60 Å². The van der Waals surface area contributed by atoms with Gasteiger partial charge >= 0.3 is 6.09 Å². The number of carbonyl (C=O) groups is 2. The number of hydrogen-bond donors (Lipinski definition) is 0. The number of likely N-dealkylation sites (tertiary alicyclic amines) is 1. The lowest BCUT2D eigenvalue weighted by molar-refractivity contribution is -0.125. The highest BCUT2D eigenvalue weighted by molar-refractivity contribution is 5.97. The summed E-state index contributed by atoms with van der Waals surface area (Å²) in [5.74, 6) is 0.228. The van der Waals surface area contributed by atoms with Crippen molar-refractivity contribution in [2.75, 3.05) is 13.1 Å². The van der Waals surface area contributed by atoms with Crippen molar-refractivity contribution in [3.63, 3.8) is 0 Å². The highest BCUT2D eigenvalue weighted by Gasteiger charge is 2.42. The zero-order valence-electron chi connectivity index (χ0n) is 11.4. The van der Waals surface area contributed by atoms with Gasteiger partial charge in [-0.2, -0.15) is 0 Å². The standard InChI is InChI=1S/C14H21NO3/c1-13(2,3)18-12(17)15-9-7-14(8-10-15)6-4-5-11(14)16/h4-5H,6-10H2,1-3H3. The van der Waals surface area contributed by atoms with E-state index < -0.39 is 5.60 Å². The molecule has 1 spiro atoms. The van der Waals surface area contributed by atoms with Gasteiger partial charge in [-0.15, -0.1) is 0 Å². The first-order valence-electron chi connectivity index (χ1n) is 6.51. The third-order valence-corrected chi connectivity index (χ3v) is 3.67. The van der Waals surface area contributed by atoms with Crippen molar-refractivity contribution in [1.82, 2.24) is 4.90 Å². The molecule has 4 nitrogen and oxygen atoms in total. The molecule has 1 aliphatic carbocycles. The van der Waals surface area contributed by atoms with Gasteiger partial charge in [0, 0.05) is 18.5 Å². The molecule has 1 saturated heterocycles. The number of nitrogens with zero attached hydrogens (tertiary/aromatic N) is 1. The molecule has 0 atom stereocenters. The third kappa shape index (κ3) is 2.57. The van der Waals surface area contributed by atoms with Gasteiger partial charge in [0.2, 0.25) is 0 Å². The summed E-state index contributed by atoms with van der Waals surface area (Å²) in [5.41, 5.74) is -0.685. The Morgan fingerprint density at radius 1 is 1.33 bits per heavy atom. The van der Waals surface area contributed by atoms with Gasteiger partial charge in [-0.3, -0.25) is 4.79 Å². The summed E-state index contributed by atoms with van der Waals surface area (Å²) >= 11 is 0. The molecule has 100 valence electrons. The van der Waals surface area contributed by atoms with Crippen molar-refractivity contribution in [3.8, 4) is 0 Å². The molecule has 4 heteroatoms. The first-order chi connectivity index (χ1) is 8.32. The molecule has 0 unspecified atom stereocenters. The van der Waals surface area contributed by atoms with E-state index in [1.165, 1.54) is 0 Å². The van der Waals surface area contributed by atoms with Crippen molar-refractivity contribution >= 4 is 11.9 Å². The molecule has 2 aliphatic rings. The van der Waals surface area contributed by atoms with Crippen LogP contribution in [0.2, 0.25) is 0 Å². The fourth-order valence-corrected chi connectivity index (χ4v) is 2.56. The van der Waals surface area contributed by atoms with Crippen LogP contribution in [0, 0.1) is 5.41 Å². The first kappa shape index (κ1) is 13.1. The minimum Gasteiger partial charge on any atom is -0.444 e. The monoisotopic (exact) mass is 251 g/mol. The van der Waals surface area contributed by atoms with Crippen LogP contribution < -0.4 is 0 Å². The Labute approximate surface area is 108 Å². The number of allylic oxidation sites excluding steroid dienone is 2. The molecule has 18 heavy (non-hydrogen) atoms. The Kier molecular flexibility index (Phi) is 3.21. The number of amides is 1. The summed E-state index contributed by atoms with van der Waals surface area (Å²) in [7, 11) is 0. The van der Waals surface area contributed by atoms with Crippen LogP contribution >= 0.6 is 0 Å². The second-order valence-corrected chi connectivity index (χ2v) is 6.22. The Morgan fingerprint density at radius 3 is 2.39 bits per heavy atom. The van der Waals surface area contributed by atoms with E-state index in [4.69, 9.17) is 4.74 Å². The van der Waals surface area contributed by atoms with Crippen LogP contribution in [0.5, 0.6) is 0 Å². The molecular weight excluding hydrogens is 230 g/mol. The number of ether oxygens (including phenoxy) is 1. The molecule has 1 aliphatic heterocycles. The Balaban J connectivity index is 1.91. The number of carbonyl (C=O) groups excluding carboxylic acids is 2. The maximum Gasteiger partial charge on any atom is 0.410 e. The van der Waals surface area contributed by atoms with E-state index in [-0.39, 0.29) is 17.3 Å². The van der Waals surface area contributed by atoms with Crippen LogP contribution in [0.3, 0.4) is 0 Å². The maximum absolute atomic E-state index is 11.9. The predicted octanol–water partition coefficient (Wildman–Crippen LogP) is 2.53. The molecule has 0 radical (unpaired) electrons. The average Bonchev–Trinajstić information content (AvgIpc) is 2.59. The molecule has 0 bridgehead atoms. The minimum absolute atomic E-state index is 0.224. The topological polar surface area (TPSA) is 46.6 Å². The van der Waals surface area contributed by atoms with Gasteiger partial charge in [-0.1, -0.05) is 6.08 Å². The lowest BCUT2D eigenvalue weighted by atomic mass is 9.76. The largest absolute Gasteiger partial charge is 0.444 e. The van der Waals surface area contributed by atoms with Crippen molar-refractivity contribution in [1.29, 1.82) is 0 Å². The van der Waals surface area contributed by atoms with Gasteiger partial charge in [0.15, 0.2) is 5.78 Å². The number of ketones is 1. The lowest BCUT2D eigenvalue weighted by Gasteiger charge is -2.38. The van der Waals surface area contributed by atoms with E-state index in [0.29, 0.717) is 13.1 Å². The summed E-state index contributed by atoms with van der Waals surface area (Å²) in [5, 5.41) is 0. The van der Waals surface area contributed by atoms with Gasteiger partial charge in [0.25, 0.3) is 0 Å². The van der Waals surface area contributed by atoms with E-state index in [1.54, 1.807) is 11.0 Å². The molecule has 0 aromatic carbocycles. The van der Waals surface area contributed by atoms with Gasteiger partial charge in [0.05, 0.1) is 0 Å². The zero-order valence-corrected chi connectivity index (χ0v) is 11.4. The van der Waals surface area contributed by atoms with Crippen LogP contribution in [0.25, 0.3) is 0 Å². The first-order valence-corrected chi connectivity index (χ1v) is 6.51. The third-order valence-electron chi connectivity index (χ3n) is 3.67. The molecule has 1 amide bonds. The molecule has 0 saturated carbocycles. The summed E-state index contributed by atoms with van der Waals surface area (Å²) < 4.78 is 5.34. The molecule has 1 fully saturated rings. The highest BCUT2D eigenvalue weighted by Crippen LogP contribution is 2.40. The average molecular weight is 251 g/mol. The van der Waals surface area contributed by atoms with E-state index in [2.05, 4.69) is 0 Å². The quantitative estimate of drug-likeness (QED) is 0.664. The highest BCUT2D eigenvalue weighted by atomic mass is 16.6. The molecule has 2 rings (SSSR count). The van der Waals surface area contributed by atoms with Crippen LogP contribution in [-0.2, 0) is 9.53 Å². The second kappa shape index (κ2) is 4.41. The molecule has 0 aromatic heterocycles. The smallest absolute Gasteiger partial charge is 0.410 e. The number of piperidine rings is 1. The molecule has 0 N–H and O–H groups in total. The summed E-state index contributed by atoms with van der Waals surface area (Å²) in [6.07, 6.45) is 5.69. The predicted molar refractivity (Wildman–Crippen MR) is 68.2 cm³/mol. The molecule has 0 aromatic rings. The summed E-state index contributed by atoms with van der Waals surface area (Å²) in [6, 6.07) is 0. The molecular formula is C14H21NO3. The van der Waals surface area contributed by atoms with E-state index in [9.17, 15) is 9.59 Å². The fraction of sp³-hybridized carbons (Fsp3) is 0.714. The van der Waals surface area contributed by atoms with Crippen molar-refractivity contribution in [2.45, 2.75) is 45.6 Å². The van der Waals surface area contributed by atoms with Gasteiger partial charge in [-0.05, 0) is 46.1 Å². The van der Waals surface area contributed by atoms with Gasteiger partial charge in [-0.25, -0.2) is 4.79 Å². The minimum atomic E-state index is -0.461. The Hall–Kier alpha value is -1.32. The zero-order chi connectivity index (χ0) is 13.4. The van der Waals surface area contributed by atoms with Crippen LogP contribution in [0.15, 0.2) is 12.2 Å².